The Kier molecular flexibility index (Phi) is 5.34. The first-order valence-electron chi connectivity index (χ1n) is 6.67. The number of hydrogen-bond acceptors (Lipinski definition) is 5. The van der Waals surface area contributed by atoms with Gasteiger partial charge in [-0.15, -0.1) is 0 Å². The fourth-order valence-corrected chi connectivity index (χ4v) is 1.94. The van der Waals surface area contributed by atoms with Gasteiger partial charge in [-0.25, -0.2) is 14.4 Å². The van der Waals surface area contributed by atoms with Crippen LogP contribution in [-0.2, 0) is 19.1 Å². The molecule has 0 radical (unpaired) electrons. The summed E-state index contributed by atoms with van der Waals surface area (Å²) in [6.07, 6.45) is 0.164. The Morgan fingerprint density at radius 3 is 2.55 bits per heavy atom. The number of carbonyl (C=O) groups excluding carboxylic acids is 3. The average molecular weight is 283 g/mol. The second kappa shape index (κ2) is 6.57. The van der Waals surface area contributed by atoms with Crippen molar-refractivity contribution in [1.29, 1.82) is 0 Å². The van der Waals surface area contributed by atoms with E-state index in [0.717, 1.165) is 0 Å². The number of nitrogens with zero attached hydrogens (tertiary/aromatic N) is 1. The summed E-state index contributed by atoms with van der Waals surface area (Å²) in [4.78, 5) is 36.0. The van der Waals surface area contributed by atoms with Crippen LogP contribution in [0.15, 0.2) is 5.57 Å². The monoisotopic (exact) mass is 283 g/mol. The van der Waals surface area contributed by atoms with Gasteiger partial charge in [0.05, 0.1) is 13.2 Å². The third-order valence-corrected chi connectivity index (χ3v) is 2.79. The molecule has 6 nitrogen and oxygen atoms in total. The maximum atomic E-state index is 12.1. The van der Waals surface area contributed by atoms with Crippen LogP contribution in [0.1, 0.15) is 40.5 Å². The second-order valence-electron chi connectivity index (χ2n) is 5.62. The molecule has 1 atom stereocenters. The van der Waals surface area contributed by atoms with Gasteiger partial charge in [0.15, 0.2) is 0 Å². The van der Waals surface area contributed by atoms with Gasteiger partial charge in [0.2, 0.25) is 0 Å². The number of esters is 1. The second-order valence-corrected chi connectivity index (χ2v) is 5.62. The molecule has 1 amide bonds. The van der Waals surface area contributed by atoms with Gasteiger partial charge in [-0.2, -0.15) is 0 Å². The van der Waals surface area contributed by atoms with Crippen molar-refractivity contribution in [3.63, 3.8) is 0 Å². The van der Waals surface area contributed by atoms with E-state index in [4.69, 9.17) is 9.47 Å². The molecule has 6 heteroatoms. The molecular weight excluding hydrogens is 262 g/mol. The van der Waals surface area contributed by atoms with Crippen LogP contribution in [0.2, 0.25) is 0 Å². The predicted octanol–water partition coefficient (Wildman–Crippen LogP) is 1.71. The van der Waals surface area contributed by atoms with Crippen molar-refractivity contribution in [1.82, 2.24) is 4.90 Å². The molecule has 0 aromatic carbocycles. The number of likely N-dealkylation sites (tertiary alicyclic amines) is 1. The molecule has 0 aromatic rings. The van der Waals surface area contributed by atoms with Crippen molar-refractivity contribution in [2.24, 2.45) is 0 Å². The van der Waals surface area contributed by atoms with Gasteiger partial charge in [0.1, 0.15) is 17.6 Å². The summed E-state index contributed by atoms with van der Waals surface area (Å²) >= 11 is 0. The average Bonchev–Trinajstić information content (AvgIpc) is 2.36. The summed E-state index contributed by atoms with van der Waals surface area (Å²) in [5.74, 6) is 1.34. The molecule has 1 heterocycles. The zero-order chi connectivity index (χ0) is 15.3. The molecule has 112 valence electrons. The Morgan fingerprint density at radius 2 is 2.05 bits per heavy atom. The van der Waals surface area contributed by atoms with Gasteiger partial charge in [-0.3, -0.25) is 4.90 Å². The molecule has 0 saturated carbocycles. The predicted molar refractivity (Wildman–Crippen MR) is 71.8 cm³/mol. The van der Waals surface area contributed by atoms with Gasteiger partial charge in [-0.05, 0) is 40.5 Å². The van der Waals surface area contributed by atoms with Gasteiger partial charge in [-0.1, -0.05) is 0 Å². The summed E-state index contributed by atoms with van der Waals surface area (Å²) in [6.45, 7) is 7.23. The molecule has 0 bridgehead atoms. The highest BCUT2D eigenvalue weighted by Crippen LogP contribution is 2.23. The van der Waals surface area contributed by atoms with E-state index in [-0.39, 0.29) is 13.2 Å². The highest BCUT2D eigenvalue weighted by molar-refractivity contribution is 5.82. The Morgan fingerprint density at radius 1 is 1.40 bits per heavy atom. The van der Waals surface area contributed by atoms with Gasteiger partial charge in [0, 0.05) is 5.57 Å². The fraction of sp³-hybridized carbons (Fsp3) is 0.714. The minimum atomic E-state index is -0.707. The molecule has 1 aliphatic rings. The fourth-order valence-electron chi connectivity index (χ4n) is 1.94. The Labute approximate surface area is 118 Å². The summed E-state index contributed by atoms with van der Waals surface area (Å²) < 4.78 is 10.2. The zero-order valence-electron chi connectivity index (χ0n) is 12.4. The molecule has 0 aliphatic carbocycles. The molecule has 0 aromatic heterocycles. The molecule has 0 N–H and O–H groups in total. The molecule has 1 aliphatic heterocycles. The number of amides is 1. The first-order valence-corrected chi connectivity index (χ1v) is 6.67. The normalized spacial score (nSPS) is 19.3. The lowest BCUT2D eigenvalue weighted by Crippen LogP contribution is -2.51. The maximum Gasteiger partial charge on any atom is 0.411 e. The highest BCUT2D eigenvalue weighted by atomic mass is 16.6. The summed E-state index contributed by atoms with van der Waals surface area (Å²) in [5.41, 5.74) is -0.213. The molecule has 1 saturated heterocycles. The van der Waals surface area contributed by atoms with E-state index in [2.05, 4.69) is 0 Å². The van der Waals surface area contributed by atoms with Crippen LogP contribution in [0.4, 0.5) is 4.79 Å². The van der Waals surface area contributed by atoms with Crippen LogP contribution in [0.3, 0.4) is 0 Å². The minimum absolute atomic E-state index is 0.0574. The van der Waals surface area contributed by atoms with E-state index in [1.807, 2.05) is 5.94 Å². The Bertz CT molecular complexity index is 431. The molecule has 1 fully saturated rings. The van der Waals surface area contributed by atoms with Gasteiger partial charge < -0.3 is 9.47 Å². The maximum absolute atomic E-state index is 12.1. The van der Waals surface area contributed by atoms with Crippen molar-refractivity contribution in [3.05, 3.63) is 5.57 Å². The van der Waals surface area contributed by atoms with Crippen molar-refractivity contribution in [3.8, 4) is 0 Å². The largest absolute Gasteiger partial charge is 0.464 e. The number of rotatable bonds is 2. The summed E-state index contributed by atoms with van der Waals surface area (Å²) in [7, 11) is 0. The minimum Gasteiger partial charge on any atom is -0.464 e. The highest BCUT2D eigenvalue weighted by Gasteiger charge is 2.37. The number of piperidine rings is 1. The van der Waals surface area contributed by atoms with Crippen LogP contribution < -0.4 is 0 Å². The molecule has 20 heavy (non-hydrogen) atoms. The topological polar surface area (TPSA) is 72.9 Å². The third-order valence-electron chi connectivity index (χ3n) is 2.79. The SMILES string of the molecule is CCOC(=O)[C@@H]1CCC(=C=O)CN1C(=O)OC(C)(C)C. The van der Waals surface area contributed by atoms with Crippen molar-refractivity contribution >= 4 is 18.0 Å². The van der Waals surface area contributed by atoms with Crippen molar-refractivity contribution in [2.75, 3.05) is 13.2 Å². The van der Waals surface area contributed by atoms with Crippen LogP contribution in [0.5, 0.6) is 0 Å². The third kappa shape index (κ3) is 4.38. The first kappa shape index (κ1) is 16.2. The van der Waals surface area contributed by atoms with E-state index in [0.29, 0.717) is 18.4 Å². The summed E-state index contributed by atoms with van der Waals surface area (Å²) in [6, 6.07) is -0.707. The molecular formula is C14H21NO5. The van der Waals surface area contributed by atoms with E-state index in [1.54, 1.807) is 27.7 Å². The molecule has 1 rings (SSSR count). The van der Waals surface area contributed by atoms with Gasteiger partial charge in [0.25, 0.3) is 0 Å². The van der Waals surface area contributed by atoms with Crippen molar-refractivity contribution < 1.29 is 23.9 Å². The van der Waals surface area contributed by atoms with Crippen LogP contribution in [0.25, 0.3) is 0 Å². The van der Waals surface area contributed by atoms with E-state index < -0.39 is 23.7 Å². The van der Waals surface area contributed by atoms with E-state index >= 15 is 0 Å². The molecule has 0 unspecified atom stereocenters. The quantitative estimate of drug-likeness (QED) is 0.570. The van der Waals surface area contributed by atoms with Gasteiger partial charge >= 0.3 is 12.1 Å². The van der Waals surface area contributed by atoms with Crippen LogP contribution in [-0.4, -0.2) is 47.7 Å². The number of hydrogen-bond donors (Lipinski definition) is 0. The lowest BCUT2D eigenvalue weighted by Gasteiger charge is -2.35. The smallest absolute Gasteiger partial charge is 0.411 e. The van der Waals surface area contributed by atoms with Crippen molar-refractivity contribution in [2.45, 2.75) is 52.2 Å². The lowest BCUT2D eigenvalue weighted by atomic mass is 9.99. The number of carbonyl (C=O) groups is 2. The van der Waals surface area contributed by atoms with E-state index in [1.165, 1.54) is 4.90 Å². The first-order chi connectivity index (χ1) is 9.28. The van der Waals surface area contributed by atoms with Crippen LogP contribution in [0, 0.1) is 0 Å². The summed E-state index contributed by atoms with van der Waals surface area (Å²) in [5, 5.41) is 0. The molecule has 0 spiro atoms. The standard InChI is InChI=1S/C14H21NO5/c1-5-19-12(17)11-7-6-10(9-16)8-15(11)13(18)20-14(2,3)4/h11H,5-8H2,1-4H3/t11-/m0/s1. The number of ether oxygens (including phenoxy) is 2. The Hall–Kier alpha value is -1.81. The lowest BCUT2D eigenvalue weighted by molar-refractivity contribution is -0.150. The zero-order valence-corrected chi connectivity index (χ0v) is 12.4. The van der Waals surface area contributed by atoms with E-state index in [9.17, 15) is 14.4 Å². The van der Waals surface area contributed by atoms with Crippen LogP contribution >= 0.6 is 0 Å². The Balaban J connectivity index is 2.90.